The fraction of sp³-hybridized carbons (Fsp3) is 0.643. The van der Waals surface area contributed by atoms with Gasteiger partial charge in [-0.2, -0.15) is 0 Å². The molecule has 0 aliphatic carbocycles. The number of hydrogen-bond donors (Lipinski definition) is 1. The highest BCUT2D eigenvalue weighted by Gasteiger charge is 2.38. The first-order valence-corrected chi connectivity index (χ1v) is 13.5. The van der Waals surface area contributed by atoms with Gasteiger partial charge in [0.1, 0.15) is 11.6 Å². The lowest BCUT2D eigenvalue weighted by molar-refractivity contribution is -0.154. The third-order valence-electron chi connectivity index (χ3n) is 5.71. The average Bonchev–Trinajstić information content (AvgIpc) is 2.89. The maximum absolute atomic E-state index is 12.6. The van der Waals surface area contributed by atoms with Gasteiger partial charge in [-0.3, -0.25) is 9.59 Å². The number of benzene rings is 1. The summed E-state index contributed by atoms with van der Waals surface area (Å²) in [5, 5.41) is 0. The first-order chi connectivity index (χ1) is 18.6. The molecule has 0 radical (unpaired) electrons. The van der Waals surface area contributed by atoms with Crippen LogP contribution < -0.4 is 15.2 Å². The molecule has 1 rings (SSSR count). The summed E-state index contributed by atoms with van der Waals surface area (Å²) in [4.78, 5) is 48.9. The zero-order valence-electron chi connectivity index (χ0n) is 23.7. The number of rotatable bonds is 17. The standard InChI is InChI=1S/C28H43NO10/c1-6-9-11-15-35-26(32)38-22-14-13-21(17-23(22)39-27(33)36-16-12-10-7-2)19-28(29,25(31)34-5)18-20(4)37-24(30)8-3/h13-14,17,20H,6-12,15-16,18-19,29H2,1-5H3/t20-,28?/m0/s1. The van der Waals surface area contributed by atoms with Gasteiger partial charge in [0, 0.05) is 19.3 Å². The van der Waals surface area contributed by atoms with E-state index < -0.39 is 35.9 Å². The number of hydrogen-bond acceptors (Lipinski definition) is 11. The zero-order chi connectivity index (χ0) is 29.3. The minimum Gasteiger partial charge on any atom is -0.468 e. The van der Waals surface area contributed by atoms with Crippen LogP contribution in [-0.4, -0.2) is 56.2 Å². The Labute approximate surface area is 230 Å². The van der Waals surface area contributed by atoms with E-state index in [0.29, 0.717) is 18.4 Å². The summed E-state index contributed by atoms with van der Waals surface area (Å²) in [5.41, 5.74) is 5.34. The van der Waals surface area contributed by atoms with Gasteiger partial charge in [0.25, 0.3) is 0 Å². The van der Waals surface area contributed by atoms with E-state index in [0.717, 1.165) is 25.7 Å². The molecule has 11 heteroatoms. The van der Waals surface area contributed by atoms with Crippen LogP contribution in [0.1, 0.15) is 84.6 Å². The van der Waals surface area contributed by atoms with Gasteiger partial charge in [0.2, 0.25) is 0 Å². The van der Waals surface area contributed by atoms with Crippen molar-refractivity contribution in [1.82, 2.24) is 0 Å². The van der Waals surface area contributed by atoms with Gasteiger partial charge in [-0.25, -0.2) is 9.59 Å². The van der Waals surface area contributed by atoms with Crippen molar-refractivity contribution in [3.63, 3.8) is 0 Å². The average molecular weight is 554 g/mol. The van der Waals surface area contributed by atoms with Gasteiger partial charge >= 0.3 is 24.2 Å². The molecule has 0 aliphatic heterocycles. The van der Waals surface area contributed by atoms with Gasteiger partial charge in [0.05, 0.1) is 20.3 Å². The van der Waals surface area contributed by atoms with Crippen LogP contribution in [-0.2, 0) is 35.0 Å². The lowest BCUT2D eigenvalue weighted by Crippen LogP contribution is -2.53. The first-order valence-electron chi connectivity index (χ1n) is 13.5. The quantitative estimate of drug-likeness (QED) is 0.117. The maximum Gasteiger partial charge on any atom is 0.513 e. The molecule has 2 atom stereocenters. The van der Waals surface area contributed by atoms with Gasteiger partial charge in [-0.1, -0.05) is 52.5 Å². The van der Waals surface area contributed by atoms with Crippen LogP contribution >= 0.6 is 0 Å². The molecule has 0 amide bonds. The van der Waals surface area contributed by atoms with Crippen molar-refractivity contribution >= 4 is 24.2 Å². The van der Waals surface area contributed by atoms with Crippen LogP contribution in [0.4, 0.5) is 9.59 Å². The first kappa shape index (κ1) is 33.7. The summed E-state index contributed by atoms with van der Waals surface area (Å²) in [6.45, 7) is 7.70. The molecule has 1 unspecified atom stereocenters. The fourth-order valence-corrected chi connectivity index (χ4v) is 3.74. The number of esters is 2. The number of carbonyl (C=O) groups is 4. The number of unbranched alkanes of at least 4 members (excludes halogenated alkanes) is 4. The summed E-state index contributed by atoms with van der Waals surface area (Å²) in [6, 6.07) is 4.38. The summed E-state index contributed by atoms with van der Waals surface area (Å²) in [6.07, 6.45) is 2.58. The van der Waals surface area contributed by atoms with Crippen LogP contribution in [0.5, 0.6) is 11.5 Å². The maximum atomic E-state index is 12.6. The van der Waals surface area contributed by atoms with E-state index in [4.69, 9.17) is 34.2 Å². The molecule has 0 aromatic heterocycles. The van der Waals surface area contributed by atoms with Gasteiger partial charge in [-0.15, -0.1) is 0 Å². The fourth-order valence-electron chi connectivity index (χ4n) is 3.74. The van der Waals surface area contributed by atoms with Gasteiger partial charge in [0.15, 0.2) is 11.5 Å². The van der Waals surface area contributed by atoms with Crippen LogP contribution in [0.3, 0.4) is 0 Å². The normalized spacial score (nSPS) is 13.0. The number of methoxy groups -OCH3 is 1. The lowest BCUT2D eigenvalue weighted by Gasteiger charge is -2.29. The zero-order valence-corrected chi connectivity index (χ0v) is 23.7. The molecule has 1 aromatic rings. The molecular formula is C28H43NO10. The second kappa shape index (κ2) is 18.0. The largest absolute Gasteiger partial charge is 0.513 e. The predicted octanol–water partition coefficient (Wildman–Crippen LogP) is 5.24. The van der Waals surface area contributed by atoms with Crippen LogP contribution in [0.2, 0.25) is 0 Å². The Morgan fingerprint density at radius 1 is 0.872 bits per heavy atom. The van der Waals surface area contributed by atoms with Crippen LogP contribution in [0.25, 0.3) is 0 Å². The predicted molar refractivity (Wildman–Crippen MR) is 143 cm³/mol. The molecule has 11 nitrogen and oxygen atoms in total. The van der Waals surface area contributed by atoms with Crippen molar-refractivity contribution in [3.8, 4) is 11.5 Å². The van der Waals surface area contributed by atoms with Crippen LogP contribution in [0.15, 0.2) is 18.2 Å². The van der Waals surface area contributed by atoms with E-state index in [-0.39, 0.29) is 44.0 Å². The van der Waals surface area contributed by atoms with Gasteiger partial charge in [-0.05, 0) is 37.5 Å². The van der Waals surface area contributed by atoms with E-state index in [1.165, 1.54) is 19.2 Å². The van der Waals surface area contributed by atoms with Crippen molar-refractivity contribution in [1.29, 1.82) is 0 Å². The van der Waals surface area contributed by atoms with Crippen molar-refractivity contribution in [3.05, 3.63) is 23.8 Å². The molecule has 39 heavy (non-hydrogen) atoms. The molecule has 0 aliphatic rings. The van der Waals surface area contributed by atoms with Crippen molar-refractivity contribution < 1.29 is 47.6 Å². The second-order valence-corrected chi connectivity index (χ2v) is 9.28. The van der Waals surface area contributed by atoms with E-state index >= 15 is 0 Å². The molecule has 0 saturated heterocycles. The number of carbonyl (C=O) groups excluding carboxylic acids is 4. The summed E-state index contributed by atoms with van der Waals surface area (Å²) in [5.74, 6) is -1.33. The smallest absolute Gasteiger partial charge is 0.468 e. The molecule has 0 saturated carbocycles. The van der Waals surface area contributed by atoms with E-state index in [9.17, 15) is 19.2 Å². The second-order valence-electron chi connectivity index (χ2n) is 9.28. The molecule has 1 aromatic carbocycles. The Balaban J connectivity index is 3.15. The number of ether oxygens (including phenoxy) is 6. The molecule has 0 fully saturated rings. The van der Waals surface area contributed by atoms with Crippen molar-refractivity contribution in [2.45, 2.75) is 97.1 Å². The summed E-state index contributed by atoms with van der Waals surface area (Å²) >= 11 is 0. The van der Waals surface area contributed by atoms with E-state index in [1.807, 2.05) is 13.8 Å². The molecule has 0 spiro atoms. The Morgan fingerprint density at radius 3 is 1.95 bits per heavy atom. The highest BCUT2D eigenvalue weighted by atomic mass is 16.7. The monoisotopic (exact) mass is 553 g/mol. The molecular weight excluding hydrogens is 510 g/mol. The Hall–Kier alpha value is -3.34. The van der Waals surface area contributed by atoms with Gasteiger partial charge < -0.3 is 34.2 Å². The molecule has 220 valence electrons. The third kappa shape index (κ3) is 12.8. The topological polar surface area (TPSA) is 150 Å². The van der Waals surface area contributed by atoms with E-state index in [1.54, 1.807) is 19.9 Å². The minimum absolute atomic E-state index is 0.0244. The Morgan fingerprint density at radius 2 is 1.44 bits per heavy atom. The van der Waals surface area contributed by atoms with E-state index in [2.05, 4.69) is 0 Å². The Kier molecular flexibility index (Phi) is 15.6. The Bertz CT molecular complexity index is 935. The number of nitrogens with two attached hydrogens (primary N) is 1. The van der Waals surface area contributed by atoms with Crippen LogP contribution in [0, 0.1) is 0 Å². The highest BCUT2D eigenvalue weighted by Crippen LogP contribution is 2.31. The van der Waals surface area contributed by atoms with Crippen molar-refractivity contribution in [2.75, 3.05) is 20.3 Å². The highest BCUT2D eigenvalue weighted by molar-refractivity contribution is 5.81. The molecule has 0 bridgehead atoms. The summed E-state index contributed by atoms with van der Waals surface area (Å²) < 4.78 is 31.0. The molecule has 0 heterocycles. The summed E-state index contributed by atoms with van der Waals surface area (Å²) in [7, 11) is 1.21. The third-order valence-corrected chi connectivity index (χ3v) is 5.71. The lowest BCUT2D eigenvalue weighted by atomic mass is 9.86. The van der Waals surface area contributed by atoms with Crippen molar-refractivity contribution in [2.24, 2.45) is 5.73 Å². The molecule has 2 N–H and O–H groups in total. The minimum atomic E-state index is -1.57. The SMILES string of the molecule is CCCCCOC(=O)Oc1ccc(CC(N)(C[C@H](C)OC(=O)CC)C(=O)OC)cc1OC(=O)OCCCCC.